The van der Waals surface area contributed by atoms with E-state index in [9.17, 15) is 0 Å². The molecule has 2 saturated heterocycles. The van der Waals surface area contributed by atoms with E-state index in [-0.39, 0.29) is 5.54 Å². The summed E-state index contributed by atoms with van der Waals surface area (Å²) in [5, 5.41) is 0. The fourth-order valence-corrected chi connectivity index (χ4v) is 2.76. The molecule has 0 amide bonds. The molecular weight excluding hydrogens is 238 g/mol. The van der Waals surface area contributed by atoms with Crippen molar-refractivity contribution in [3.8, 4) is 0 Å². The lowest BCUT2D eigenvalue weighted by Crippen LogP contribution is -2.59. The number of anilines is 1. The van der Waals surface area contributed by atoms with Crippen LogP contribution in [0.3, 0.4) is 0 Å². The standard InChI is InChI=1S/C15H23N3O/c16-15(12-19-13-15)6-7-17-8-10-18(11-9-17)14-4-2-1-3-5-14/h1-5H,6-13,16H2. The Balaban J connectivity index is 1.44. The minimum absolute atomic E-state index is 0.0451. The molecule has 0 unspecified atom stereocenters. The number of nitrogens with zero attached hydrogens (tertiary/aromatic N) is 2. The third-order valence-corrected chi connectivity index (χ3v) is 4.20. The molecule has 0 bridgehead atoms. The Labute approximate surface area is 115 Å². The first-order valence-corrected chi connectivity index (χ1v) is 7.14. The second-order valence-electron chi connectivity index (χ2n) is 5.77. The van der Waals surface area contributed by atoms with E-state index in [1.807, 2.05) is 0 Å². The van der Waals surface area contributed by atoms with Gasteiger partial charge in [-0.3, -0.25) is 4.90 Å². The van der Waals surface area contributed by atoms with Crippen molar-refractivity contribution in [1.82, 2.24) is 4.90 Å². The van der Waals surface area contributed by atoms with E-state index >= 15 is 0 Å². The molecule has 0 saturated carbocycles. The van der Waals surface area contributed by atoms with Crippen LogP contribution in [-0.2, 0) is 4.74 Å². The third kappa shape index (κ3) is 3.08. The lowest BCUT2D eigenvalue weighted by atomic mass is 9.94. The van der Waals surface area contributed by atoms with Crippen LogP contribution in [0.5, 0.6) is 0 Å². The van der Waals surface area contributed by atoms with E-state index in [1.165, 1.54) is 5.69 Å². The van der Waals surface area contributed by atoms with Gasteiger partial charge >= 0.3 is 0 Å². The molecule has 4 nitrogen and oxygen atoms in total. The summed E-state index contributed by atoms with van der Waals surface area (Å²) in [7, 11) is 0. The molecule has 19 heavy (non-hydrogen) atoms. The quantitative estimate of drug-likeness (QED) is 0.875. The highest BCUT2D eigenvalue weighted by molar-refractivity contribution is 5.46. The number of ether oxygens (including phenoxy) is 1. The Kier molecular flexibility index (Phi) is 3.73. The van der Waals surface area contributed by atoms with Crippen LogP contribution in [0.1, 0.15) is 6.42 Å². The largest absolute Gasteiger partial charge is 0.377 e. The maximum atomic E-state index is 6.18. The molecule has 0 radical (unpaired) electrons. The highest BCUT2D eigenvalue weighted by Crippen LogP contribution is 2.20. The van der Waals surface area contributed by atoms with Gasteiger partial charge in [0.15, 0.2) is 0 Å². The molecular formula is C15H23N3O. The lowest BCUT2D eigenvalue weighted by Gasteiger charge is -2.41. The van der Waals surface area contributed by atoms with E-state index < -0.39 is 0 Å². The van der Waals surface area contributed by atoms with Crippen LogP contribution in [0.2, 0.25) is 0 Å². The molecule has 4 heteroatoms. The van der Waals surface area contributed by atoms with Crippen molar-refractivity contribution in [2.24, 2.45) is 5.73 Å². The second-order valence-corrected chi connectivity index (χ2v) is 5.77. The first kappa shape index (κ1) is 12.9. The molecule has 2 aliphatic rings. The SMILES string of the molecule is NC1(CCN2CCN(c3ccccc3)CC2)COC1. The molecule has 0 aliphatic carbocycles. The van der Waals surface area contributed by atoms with Crippen molar-refractivity contribution in [3.05, 3.63) is 30.3 Å². The fourth-order valence-electron chi connectivity index (χ4n) is 2.76. The van der Waals surface area contributed by atoms with Gasteiger partial charge in [-0.15, -0.1) is 0 Å². The summed E-state index contributed by atoms with van der Waals surface area (Å²) < 4.78 is 5.20. The predicted molar refractivity (Wildman–Crippen MR) is 77.4 cm³/mol. The molecule has 0 aromatic heterocycles. The summed E-state index contributed by atoms with van der Waals surface area (Å²) in [5.74, 6) is 0. The highest BCUT2D eigenvalue weighted by atomic mass is 16.5. The molecule has 0 atom stereocenters. The van der Waals surface area contributed by atoms with E-state index in [0.29, 0.717) is 0 Å². The number of piperazine rings is 1. The molecule has 1 aromatic rings. The fraction of sp³-hybridized carbons (Fsp3) is 0.600. The minimum Gasteiger partial charge on any atom is -0.377 e. The topological polar surface area (TPSA) is 41.7 Å². The normalized spacial score (nSPS) is 23.1. The number of hydrogen-bond donors (Lipinski definition) is 1. The highest BCUT2D eigenvalue weighted by Gasteiger charge is 2.34. The van der Waals surface area contributed by atoms with E-state index in [0.717, 1.165) is 52.4 Å². The van der Waals surface area contributed by atoms with Crippen LogP contribution in [0.4, 0.5) is 5.69 Å². The van der Waals surface area contributed by atoms with E-state index in [2.05, 4.69) is 40.1 Å². The smallest absolute Gasteiger partial charge is 0.0670 e. The molecule has 2 N–H and O–H groups in total. The maximum absolute atomic E-state index is 6.18. The molecule has 2 aliphatic heterocycles. The molecule has 0 spiro atoms. The average molecular weight is 261 g/mol. The Morgan fingerprint density at radius 3 is 2.32 bits per heavy atom. The maximum Gasteiger partial charge on any atom is 0.0670 e. The van der Waals surface area contributed by atoms with Crippen LogP contribution in [0.25, 0.3) is 0 Å². The van der Waals surface area contributed by atoms with Gasteiger partial charge in [-0.1, -0.05) is 18.2 Å². The Bertz CT molecular complexity index is 397. The van der Waals surface area contributed by atoms with E-state index in [4.69, 9.17) is 10.5 Å². The Morgan fingerprint density at radius 2 is 1.74 bits per heavy atom. The zero-order valence-corrected chi connectivity index (χ0v) is 11.4. The first-order chi connectivity index (χ1) is 9.25. The van der Waals surface area contributed by atoms with Crippen LogP contribution in [0.15, 0.2) is 30.3 Å². The summed E-state index contributed by atoms with van der Waals surface area (Å²) in [5.41, 5.74) is 7.47. The average Bonchev–Trinajstić information content (AvgIpc) is 2.45. The van der Waals surface area contributed by atoms with Crippen LogP contribution in [0, 0.1) is 0 Å². The zero-order chi connectivity index (χ0) is 13.1. The van der Waals surface area contributed by atoms with Gasteiger partial charge in [-0.05, 0) is 18.6 Å². The van der Waals surface area contributed by atoms with Crippen LogP contribution in [-0.4, -0.2) is 56.4 Å². The van der Waals surface area contributed by atoms with Crippen molar-refractivity contribution in [2.45, 2.75) is 12.0 Å². The van der Waals surface area contributed by atoms with Crippen molar-refractivity contribution in [3.63, 3.8) is 0 Å². The number of para-hydroxylation sites is 1. The number of rotatable bonds is 4. The summed E-state index contributed by atoms with van der Waals surface area (Å²) in [6.07, 6.45) is 1.05. The molecule has 104 valence electrons. The van der Waals surface area contributed by atoms with Gasteiger partial charge in [0.1, 0.15) is 0 Å². The minimum atomic E-state index is -0.0451. The van der Waals surface area contributed by atoms with Crippen molar-refractivity contribution >= 4 is 5.69 Å². The van der Waals surface area contributed by atoms with Crippen molar-refractivity contribution in [2.75, 3.05) is 50.8 Å². The summed E-state index contributed by atoms with van der Waals surface area (Å²) in [4.78, 5) is 4.98. The van der Waals surface area contributed by atoms with Crippen LogP contribution < -0.4 is 10.6 Å². The summed E-state index contributed by atoms with van der Waals surface area (Å²) in [6.45, 7) is 7.05. The number of benzene rings is 1. The zero-order valence-electron chi connectivity index (χ0n) is 11.4. The number of hydrogen-bond acceptors (Lipinski definition) is 4. The monoisotopic (exact) mass is 261 g/mol. The Morgan fingerprint density at radius 1 is 1.05 bits per heavy atom. The van der Waals surface area contributed by atoms with Gasteiger partial charge in [0.25, 0.3) is 0 Å². The molecule has 2 fully saturated rings. The van der Waals surface area contributed by atoms with Crippen molar-refractivity contribution < 1.29 is 4.74 Å². The summed E-state index contributed by atoms with van der Waals surface area (Å²) >= 11 is 0. The third-order valence-electron chi connectivity index (χ3n) is 4.20. The Hall–Kier alpha value is -1.10. The van der Waals surface area contributed by atoms with Gasteiger partial charge in [0, 0.05) is 38.4 Å². The van der Waals surface area contributed by atoms with Crippen LogP contribution >= 0.6 is 0 Å². The molecule has 1 aromatic carbocycles. The van der Waals surface area contributed by atoms with Gasteiger partial charge < -0.3 is 15.4 Å². The van der Waals surface area contributed by atoms with E-state index in [1.54, 1.807) is 0 Å². The van der Waals surface area contributed by atoms with Gasteiger partial charge in [-0.2, -0.15) is 0 Å². The van der Waals surface area contributed by atoms with Crippen molar-refractivity contribution in [1.29, 1.82) is 0 Å². The van der Waals surface area contributed by atoms with Gasteiger partial charge in [-0.25, -0.2) is 0 Å². The second kappa shape index (κ2) is 5.49. The molecule has 3 rings (SSSR count). The predicted octanol–water partition coefficient (Wildman–Crippen LogP) is 0.926. The molecule has 2 heterocycles. The summed E-state index contributed by atoms with van der Waals surface area (Å²) in [6, 6.07) is 10.7. The van der Waals surface area contributed by atoms with Gasteiger partial charge in [0.2, 0.25) is 0 Å². The van der Waals surface area contributed by atoms with Gasteiger partial charge in [0.05, 0.1) is 18.8 Å². The number of nitrogens with two attached hydrogens (primary N) is 1. The first-order valence-electron chi connectivity index (χ1n) is 7.14. The lowest BCUT2D eigenvalue weighted by molar-refractivity contribution is -0.0606.